The van der Waals surface area contributed by atoms with E-state index in [-0.39, 0.29) is 16.9 Å². The molecule has 0 aliphatic rings. The van der Waals surface area contributed by atoms with Gasteiger partial charge in [0.1, 0.15) is 5.52 Å². The van der Waals surface area contributed by atoms with Gasteiger partial charge < -0.3 is 10.1 Å². The summed E-state index contributed by atoms with van der Waals surface area (Å²) in [7, 11) is 0. The molecule has 0 atom stereocenters. The molecular formula is C18H17N5O5. The molecule has 0 aliphatic heterocycles. The van der Waals surface area contributed by atoms with Crippen molar-refractivity contribution < 1.29 is 19.2 Å². The number of carbonyl (C=O) groups excluding carboxylic acids is 2. The first-order valence-corrected chi connectivity index (χ1v) is 8.44. The molecule has 144 valence electrons. The second-order valence-electron chi connectivity index (χ2n) is 5.99. The summed E-state index contributed by atoms with van der Waals surface area (Å²) in [5.41, 5.74) is 2.37. The molecule has 3 rings (SSSR count). The van der Waals surface area contributed by atoms with Crippen molar-refractivity contribution in [3.8, 4) is 0 Å². The van der Waals surface area contributed by atoms with Crippen LogP contribution in [0.4, 0.5) is 11.4 Å². The Morgan fingerprint density at radius 1 is 1.25 bits per heavy atom. The van der Waals surface area contributed by atoms with Crippen LogP contribution in [-0.4, -0.2) is 38.4 Å². The Hall–Kier alpha value is -3.82. The predicted molar refractivity (Wildman–Crippen MR) is 99.9 cm³/mol. The van der Waals surface area contributed by atoms with Crippen molar-refractivity contribution in [1.29, 1.82) is 0 Å². The first kappa shape index (κ1) is 19.0. The maximum absolute atomic E-state index is 12.2. The zero-order valence-corrected chi connectivity index (χ0v) is 15.2. The summed E-state index contributed by atoms with van der Waals surface area (Å²) in [5, 5.41) is 21.3. The van der Waals surface area contributed by atoms with Gasteiger partial charge in [-0.3, -0.25) is 14.9 Å². The number of nitrogens with zero attached hydrogens (tertiary/aromatic N) is 4. The van der Waals surface area contributed by atoms with Gasteiger partial charge in [0.2, 0.25) is 0 Å². The molecule has 0 saturated carbocycles. The van der Waals surface area contributed by atoms with E-state index < -0.39 is 23.4 Å². The minimum atomic E-state index is -0.682. The molecule has 0 radical (unpaired) electrons. The third-order valence-corrected chi connectivity index (χ3v) is 4.09. The quantitative estimate of drug-likeness (QED) is 0.393. The molecule has 10 nitrogen and oxygen atoms in total. The number of amides is 1. The number of fused-ring (bicyclic) bond motifs is 1. The lowest BCUT2D eigenvalue weighted by Gasteiger charge is -2.09. The molecule has 2 aromatic carbocycles. The zero-order chi connectivity index (χ0) is 20.3. The third-order valence-electron chi connectivity index (χ3n) is 4.09. The molecule has 0 spiro atoms. The lowest BCUT2D eigenvalue weighted by atomic mass is 10.2. The Morgan fingerprint density at radius 3 is 2.75 bits per heavy atom. The van der Waals surface area contributed by atoms with E-state index in [1.54, 1.807) is 29.8 Å². The predicted octanol–water partition coefficient (Wildman–Crippen LogP) is 2.46. The normalized spacial score (nSPS) is 10.6. The number of rotatable bonds is 6. The van der Waals surface area contributed by atoms with Crippen molar-refractivity contribution in [1.82, 2.24) is 15.0 Å². The number of hydrogen-bond donors (Lipinski definition) is 1. The fourth-order valence-corrected chi connectivity index (χ4v) is 2.59. The summed E-state index contributed by atoms with van der Waals surface area (Å²) < 4.78 is 6.72. The lowest BCUT2D eigenvalue weighted by molar-refractivity contribution is -0.384. The van der Waals surface area contributed by atoms with Crippen molar-refractivity contribution in [2.24, 2.45) is 0 Å². The van der Waals surface area contributed by atoms with E-state index in [9.17, 15) is 19.7 Å². The van der Waals surface area contributed by atoms with E-state index in [2.05, 4.69) is 15.6 Å². The number of ether oxygens (including phenoxy) is 1. The van der Waals surface area contributed by atoms with Crippen LogP contribution in [-0.2, 0) is 16.1 Å². The SMILES string of the molecule is CCn1nnc2cc(C(=O)OCC(=O)Nc3cc([N+](=O)[O-])ccc3C)ccc21. The fraction of sp³-hybridized carbons (Fsp3) is 0.222. The lowest BCUT2D eigenvalue weighted by Crippen LogP contribution is -2.21. The largest absolute Gasteiger partial charge is 0.452 e. The Balaban J connectivity index is 1.64. The molecule has 0 aliphatic carbocycles. The number of hydrogen-bond acceptors (Lipinski definition) is 7. The van der Waals surface area contributed by atoms with Crippen LogP contribution >= 0.6 is 0 Å². The maximum atomic E-state index is 12.2. The molecule has 0 bridgehead atoms. The molecule has 0 fully saturated rings. The Labute approximate surface area is 159 Å². The molecule has 0 unspecified atom stereocenters. The van der Waals surface area contributed by atoms with Crippen molar-refractivity contribution in [3.63, 3.8) is 0 Å². The van der Waals surface area contributed by atoms with Gasteiger partial charge in [0, 0.05) is 18.7 Å². The van der Waals surface area contributed by atoms with Gasteiger partial charge in [-0.05, 0) is 37.6 Å². The highest BCUT2D eigenvalue weighted by Gasteiger charge is 2.15. The summed E-state index contributed by atoms with van der Waals surface area (Å²) >= 11 is 0. The first-order chi connectivity index (χ1) is 13.4. The maximum Gasteiger partial charge on any atom is 0.338 e. The standard InChI is InChI=1S/C18H17N5O5/c1-3-22-16-7-5-12(8-15(16)20-21-22)18(25)28-10-17(24)19-14-9-13(23(26)27)6-4-11(14)2/h4-9H,3,10H2,1-2H3,(H,19,24). The minimum absolute atomic E-state index is 0.147. The molecule has 1 aromatic heterocycles. The average molecular weight is 383 g/mol. The van der Waals surface area contributed by atoms with Crippen molar-refractivity contribution in [2.75, 3.05) is 11.9 Å². The molecule has 1 N–H and O–H groups in total. The Kier molecular flexibility index (Phi) is 5.30. The van der Waals surface area contributed by atoms with Crippen LogP contribution < -0.4 is 5.32 Å². The van der Waals surface area contributed by atoms with Crippen LogP contribution in [0.5, 0.6) is 0 Å². The Morgan fingerprint density at radius 2 is 2.04 bits per heavy atom. The van der Waals surface area contributed by atoms with Crippen molar-refractivity contribution in [3.05, 3.63) is 57.6 Å². The number of non-ortho nitro benzene ring substituents is 1. The number of carbonyl (C=O) groups is 2. The second kappa shape index (κ2) is 7.82. The van der Waals surface area contributed by atoms with Gasteiger partial charge in [0.05, 0.1) is 21.7 Å². The first-order valence-electron chi connectivity index (χ1n) is 8.44. The highest BCUT2D eigenvalue weighted by molar-refractivity contribution is 5.97. The van der Waals surface area contributed by atoms with E-state index in [4.69, 9.17) is 4.74 Å². The van der Waals surface area contributed by atoms with E-state index in [1.165, 1.54) is 18.2 Å². The van der Waals surface area contributed by atoms with Gasteiger partial charge >= 0.3 is 5.97 Å². The fourth-order valence-electron chi connectivity index (χ4n) is 2.59. The summed E-state index contributed by atoms with van der Waals surface area (Å²) in [6.45, 7) is 3.75. The summed E-state index contributed by atoms with van der Waals surface area (Å²) in [4.78, 5) is 34.5. The number of esters is 1. The van der Waals surface area contributed by atoms with Gasteiger partial charge in [-0.2, -0.15) is 0 Å². The van der Waals surface area contributed by atoms with E-state index >= 15 is 0 Å². The summed E-state index contributed by atoms with van der Waals surface area (Å²) in [5.74, 6) is -1.28. The number of benzene rings is 2. The number of nitro groups is 1. The highest BCUT2D eigenvalue weighted by atomic mass is 16.6. The molecule has 3 aromatic rings. The van der Waals surface area contributed by atoms with Gasteiger partial charge in [0.15, 0.2) is 6.61 Å². The van der Waals surface area contributed by atoms with E-state index in [1.807, 2.05) is 6.92 Å². The van der Waals surface area contributed by atoms with Crippen molar-refractivity contribution >= 4 is 34.3 Å². The van der Waals surface area contributed by atoms with Gasteiger partial charge in [-0.15, -0.1) is 5.10 Å². The second-order valence-corrected chi connectivity index (χ2v) is 5.99. The van der Waals surface area contributed by atoms with Crippen LogP contribution in [0.1, 0.15) is 22.8 Å². The smallest absolute Gasteiger partial charge is 0.338 e. The van der Waals surface area contributed by atoms with Crippen LogP contribution in [0.25, 0.3) is 11.0 Å². The van der Waals surface area contributed by atoms with E-state index in [0.717, 1.165) is 5.52 Å². The number of aryl methyl sites for hydroxylation is 2. The van der Waals surface area contributed by atoms with Crippen LogP contribution in [0.3, 0.4) is 0 Å². The van der Waals surface area contributed by atoms with Gasteiger partial charge in [0.25, 0.3) is 11.6 Å². The zero-order valence-electron chi connectivity index (χ0n) is 15.2. The molecule has 1 heterocycles. The molecular weight excluding hydrogens is 366 g/mol. The Bertz CT molecular complexity index is 1080. The number of nitro benzene ring substituents is 1. The number of nitrogens with one attached hydrogen (secondary N) is 1. The van der Waals surface area contributed by atoms with Gasteiger partial charge in [-0.1, -0.05) is 11.3 Å². The molecule has 1 amide bonds. The number of anilines is 1. The van der Waals surface area contributed by atoms with Gasteiger partial charge in [-0.25, -0.2) is 9.48 Å². The molecule has 28 heavy (non-hydrogen) atoms. The average Bonchev–Trinajstić information content (AvgIpc) is 3.09. The van der Waals surface area contributed by atoms with Crippen LogP contribution in [0, 0.1) is 17.0 Å². The minimum Gasteiger partial charge on any atom is -0.452 e. The molecule has 0 saturated heterocycles. The van der Waals surface area contributed by atoms with Crippen LogP contribution in [0.2, 0.25) is 0 Å². The van der Waals surface area contributed by atoms with E-state index in [0.29, 0.717) is 17.6 Å². The monoisotopic (exact) mass is 383 g/mol. The molecule has 10 heteroatoms. The highest BCUT2D eigenvalue weighted by Crippen LogP contribution is 2.21. The summed E-state index contributed by atoms with van der Waals surface area (Å²) in [6.07, 6.45) is 0. The third kappa shape index (κ3) is 3.95. The van der Waals surface area contributed by atoms with Crippen molar-refractivity contribution in [2.45, 2.75) is 20.4 Å². The topological polar surface area (TPSA) is 129 Å². The number of aromatic nitrogens is 3. The van der Waals surface area contributed by atoms with Crippen LogP contribution in [0.15, 0.2) is 36.4 Å². The summed E-state index contributed by atoms with van der Waals surface area (Å²) in [6, 6.07) is 8.94.